The number of aldehydes is 1. The van der Waals surface area contributed by atoms with Gasteiger partial charge in [0.05, 0.1) is 12.7 Å². The predicted octanol–water partition coefficient (Wildman–Crippen LogP) is 0.694. The first-order valence-electron chi connectivity index (χ1n) is 3.75. The zero-order valence-corrected chi connectivity index (χ0v) is 7.14. The zero-order valence-electron chi connectivity index (χ0n) is 7.14. The second-order valence-corrected chi connectivity index (χ2v) is 2.35. The van der Waals surface area contributed by atoms with Gasteiger partial charge in [-0.15, -0.1) is 6.58 Å². The molecule has 0 saturated heterocycles. The molecule has 0 amide bonds. The van der Waals surface area contributed by atoms with Crippen LogP contribution in [-0.2, 0) is 9.53 Å². The minimum atomic E-state index is -0.624. The molecule has 3 nitrogen and oxygen atoms in total. The number of carbonyl (C=O) groups is 1. The van der Waals surface area contributed by atoms with Crippen molar-refractivity contribution in [1.29, 1.82) is 0 Å². The minimum absolute atomic E-state index is 0.360. The molecule has 0 aromatic rings. The van der Waals surface area contributed by atoms with Crippen molar-refractivity contribution in [3.8, 4) is 0 Å². The molecule has 0 unspecified atom stereocenters. The van der Waals surface area contributed by atoms with E-state index in [1.54, 1.807) is 13.0 Å². The lowest BCUT2D eigenvalue weighted by molar-refractivity contribution is -0.104. The van der Waals surface area contributed by atoms with Gasteiger partial charge < -0.3 is 9.84 Å². The van der Waals surface area contributed by atoms with Crippen LogP contribution in [-0.4, -0.2) is 30.2 Å². The van der Waals surface area contributed by atoms with E-state index in [0.717, 1.165) is 0 Å². The van der Waals surface area contributed by atoms with Crippen LogP contribution in [0.3, 0.4) is 0 Å². The molecule has 0 aliphatic rings. The van der Waals surface area contributed by atoms with Crippen molar-refractivity contribution >= 4 is 6.29 Å². The first-order chi connectivity index (χ1) is 5.72. The fourth-order valence-electron chi connectivity index (χ4n) is 0.690. The molecule has 0 bridgehead atoms. The largest absolute Gasteiger partial charge is 0.390 e. The Labute approximate surface area is 72.3 Å². The maximum Gasteiger partial charge on any atom is 0.142 e. The fourth-order valence-corrected chi connectivity index (χ4v) is 0.690. The van der Waals surface area contributed by atoms with Gasteiger partial charge >= 0.3 is 0 Å². The molecule has 0 fully saturated rings. The monoisotopic (exact) mass is 170 g/mol. The Hall–Kier alpha value is -0.930. The molecule has 0 aliphatic heterocycles. The second kappa shape index (κ2) is 6.76. The first kappa shape index (κ1) is 11.1. The van der Waals surface area contributed by atoms with E-state index in [9.17, 15) is 4.79 Å². The summed E-state index contributed by atoms with van der Waals surface area (Å²) in [5.41, 5.74) is 0. The summed E-state index contributed by atoms with van der Waals surface area (Å²) in [6.07, 6.45) is 3.99. The molecular weight excluding hydrogens is 156 g/mol. The lowest BCUT2D eigenvalue weighted by Crippen LogP contribution is -2.24. The van der Waals surface area contributed by atoms with Gasteiger partial charge in [0.15, 0.2) is 0 Å². The summed E-state index contributed by atoms with van der Waals surface area (Å²) in [5.74, 6) is 0. The Morgan fingerprint density at radius 3 is 2.75 bits per heavy atom. The predicted molar refractivity (Wildman–Crippen MR) is 46.8 cm³/mol. The van der Waals surface area contributed by atoms with Crippen molar-refractivity contribution in [3.05, 3.63) is 24.8 Å². The topological polar surface area (TPSA) is 46.5 Å². The van der Waals surface area contributed by atoms with E-state index in [0.29, 0.717) is 12.9 Å². The van der Waals surface area contributed by atoms with E-state index in [-0.39, 0.29) is 0 Å². The number of hydrogen-bond donors (Lipinski definition) is 1. The van der Waals surface area contributed by atoms with Crippen LogP contribution in [0.25, 0.3) is 0 Å². The van der Waals surface area contributed by atoms with Crippen LogP contribution < -0.4 is 0 Å². The Bertz CT molecular complexity index is 161. The van der Waals surface area contributed by atoms with Crippen LogP contribution in [0.5, 0.6) is 0 Å². The number of allylic oxidation sites excluding steroid dienone is 1. The molecule has 0 saturated carbocycles. The molecule has 2 atom stereocenters. The highest BCUT2D eigenvalue weighted by molar-refractivity contribution is 5.64. The van der Waals surface area contributed by atoms with Crippen LogP contribution in [0.4, 0.5) is 0 Å². The molecule has 0 spiro atoms. The van der Waals surface area contributed by atoms with Gasteiger partial charge in [-0.05, 0) is 13.0 Å². The van der Waals surface area contributed by atoms with Crippen molar-refractivity contribution in [1.82, 2.24) is 0 Å². The summed E-state index contributed by atoms with van der Waals surface area (Å²) in [6, 6.07) is 0. The molecule has 68 valence electrons. The third-order valence-electron chi connectivity index (χ3n) is 1.26. The number of hydrogen-bond acceptors (Lipinski definition) is 3. The van der Waals surface area contributed by atoms with Crippen LogP contribution in [0.1, 0.15) is 6.92 Å². The quantitative estimate of drug-likeness (QED) is 0.362. The maximum absolute atomic E-state index is 9.96. The molecule has 0 radical (unpaired) electrons. The van der Waals surface area contributed by atoms with Gasteiger partial charge in [0.25, 0.3) is 0 Å². The third kappa shape index (κ3) is 4.82. The summed E-state index contributed by atoms with van der Waals surface area (Å²) in [7, 11) is 0. The Kier molecular flexibility index (Phi) is 6.24. The highest BCUT2D eigenvalue weighted by Gasteiger charge is 2.10. The van der Waals surface area contributed by atoms with Crippen molar-refractivity contribution < 1.29 is 14.6 Å². The van der Waals surface area contributed by atoms with Gasteiger partial charge in [0, 0.05) is 0 Å². The van der Waals surface area contributed by atoms with E-state index < -0.39 is 12.2 Å². The number of ether oxygens (including phenoxy) is 1. The number of carbonyl (C=O) groups excluding carboxylic acids is 1. The van der Waals surface area contributed by atoms with Gasteiger partial charge in [-0.25, -0.2) is 0 Å². The highest BCUT2D eigenvalue weighted by atomic mass is 16.5. The van der Waals surface area contributed by atoms with Crippen LogP contribution in [0, 0.1) is 0 Å². The summed E-state index contributed by atoms with van der Waals surface area (Å²) in [4.78, 5) is 9.96. The van der Waals surface area contributed by atoms with Gasteiger partial charge in [-0.2, -0.15) is 0 Å². The normalized spacial score (nSPS) is 15.8. The van der Waals surface area contributed by atoms with Gasteiger partial charge in [-0.1, -0.05) is 12.2 Å². The summed E-state index contributed by atoms with van der Waals surface area (Å²) < 4.78 is 5.14. The van der Waals surface area contributed by atoms with Crippen LogP contribution in [0.2, 0.25) is 0 Å². The van der Waals surface area contributed by atoms with Gasteiger partial charge in [0.1, 0.15) is 12.4 Å². The lowest BCUT2D eigenvalue weighted by atomic mass is 10.2. The van der Waals surface area contributed by atoms with E-state index in [4.69, 9.17) is 9.84 Å². The highest BCUT2D eigenvalue weighted by Crippen LogP contribution is 2.00. The summed E-state index contributed by atoms with van der Waals surface area (Å²) in [5, 5.41) is 9.14. The first-order valence-corrected chi connectivity index (χ1v) is 3.75. The van der Waals surface area contributed by atoms with E-state index >= 15 is 0 Å². The second-order valence-electron chi connectivity index (χ2n) is 2.35. The molecule has 0 aromatic carbocycles. The van der Waals surface area contributed by atoms with E-state index in [2.05, 4.69) is 6.58 Å². The standard InChI is InChI=1S/C9H14O3/c1-3-7-12-9(8(2)11)5-4-6-10/h3-6,8-9,11H,1,7H2,2H3/b5-4+/t8-,9+/m0/s1. The summed E-state index contributed by atoms with van der Waals surface area (Å²) >= 11 is 0. The maximum atomic E-state index is 9.96. The molecule has 0 rings (SSSR count). The summed E-state index contributed by atoms with van der Waals surface area (Å²) in [6.45, 7) is 5.43. The van der Waals surface area contributed by atoms with Crippen molar-refractivity contribution in [2.45, 2.75) is 19.1 Å². The van der Waals surface area contributed by atoms with E-state index in [1.165, 1.54) is 12.2 Å². The number of aliphatic hydroxyl groups excluding tert-OH is 1. The molecule has 0 aliphatic carbocycles. The molecule has 3 heteroatoms. The molecule has 0 heterocycles. The molecular formula is C9H14O3. The van der Waals surface area contributed by atoms with Crippen molar-refractivity contribution in [3.63, 3.8) is 0 Å². The van der Waals surface area contributed by atoms with Gasteiger partial charge in [0.2, 0.25) is 0 Å². The Balaban J connectivity index is 3.93. The zero-order chi connectivity index (χ0) is 9.40. The van der Waals surface area contributed by atoms with Crippen LogP contribution >= 0.6 is 0 Å². The van der Waals surface area contributed by atoms with Gasteiger partial charge in [-0.3, -0.25) is 4.79 Å². The molecule has 12 heavy (non-hydrogen) atoms. The smallest absolute Gasteiger partial charge is 0.142 e. The molecule has 0 aromatic heterocycles. The Morgan fingerprint density at radius 1 is 1.67 bits per heavy atom. The van der Waals surface area contributed by atoms with E-state index in [1.807, 2.05) is 0 Å². The van der Waals surface area contributed by atoms with Crippen molar-refractivity contribution in [2.24, 2.45) is 0 Å². The molecule has 1 N–H and O–H groups in total. The fraction of sp³-hybridized carbons (Fsp3) is 0.444. The average molecular weight is 170 g/mol. The number of aliphatic hydroxyl groups is 1. The average Bonchev–Trinajstić information content (AvgIpc) is 2.04. The van der Waals surface area contributed by atoms with Crippen LogP contribution in [0.15, 0.2) is 24.8 Å². The number of rotatable bonds is 6. The SMILES string of the molecule is C=CCO[C@H](/C=C/C=O)[C@H](C)O. The lowest BCUT2D eigenvalue weighted by Gasteiger charge is -2.15. The minimum Gasteiger partial charge on any atom is -0.390 e. The third-order valence-corrected chi connectivity index (χ3v) is 1.26. The van der Waals surface area contributed by atoms with Crippen molar-refractivity contribution in [2.75, 3.05) is 6.61 Å². The Morgan fingerprint density at radius 2 is 2.33 bits per heavy atom.